The van der Waals surface area contributed by atoms with Crippen molar-refractivity contribution in [1.82, 2.24) is 25.1 Å². The highest BCUT2D eigenvalue weighted by atomic mass is 32.1. The molecule has 0 aliphatic carbocycles. The molecular formula is C20H15F3N6O2S. The van der Waals surface area contributed by atoms with E-state index >= 15 is 0 Å². The Morgan fingerprint density at radius 2 is 2.03 bits per heavy atom. The van der Waals surface area contributed by atoms with Gasteiger partial charge >= 0.3 is 12.1 Å². The first-order valence-corrected chi connectivity index (χ1v) is 10.4. The second-order valence-corrected chi connectivity index (χ2v) is 8.15. The lowest BCUT2D eigenvalue weighted by Gasteiger charge is -2.27. The highest BCUT2D eigenvalue weighted by Gasteiger charge is 2.41. The summed E-state index contributed by atoms with van der Waals surface area (Å²) in [5, 5.41) is 8.09. The van der Waals surface area contributed by atoms with Crippen LogP contribution in [-0.4, -0.2) is 45.0 Å². The van der Waals surface area contributed by atoms with Gasteiger partial charge in [-0.25, -0.2) is 14.8 Å². The van der Waals surface area contributed by atoms with Crippen LogP contribution in [0.4, 0.5) is 19.0 Å². The Morgan fingerprint density at radius 1 is 1.22 bits per heavy atom. The number of carbonyl (C=O) groups is 1. The number of para-hydroxylation sites is 1. The van der Waals surface area contributed by atoms with Gasteiger partial charge in [0.25, 0.3) is 0 Å². The Hall–Kier alpha value is -3.51. The molecule has 0 unspecified atom stereocenters. The lowest BCUT2D eigenvalue weighted by atomic mass is 10.1. The van der Waals surface area contributed by atoms with Gasteiger partial charge in [0.05, 0.1) is 28.0 Å². The third-order valence-electron chi connectivity index (χ3n) is 4.95. The molecule has 164 valence electrons. The molecule has 1 aliphatic rings. The lowest BCUT2D eigenvalue weighted by molar-refractivity contribution is -0.196. The number of pyridine rings is 1. The van der Waals surface area contributed by atoms with Crippen molar-refractivity contribution in [2.45, 2.75) is 12.2 Å². The van der Waals surface area contributed by atoms with Gasteiger partial charge in [-0.05, 0) is 18.2 Å². The van der Waals surface area contributed by atoms with Crippen LogP contribution in [0.5, 0.6) is 0 Å². The zero-order valence-electron chi connectivity index (χ0n) is 16.3. The van der Waals surface area contributed by atoms with Crippen LogP contribution in [0.25, 0.3) is 31.9 Å². The van der Waals surface area contributed by atoms with Crippen LogP contribution in [0.1, 0.15) is 6.04 Å². The average molecular weight is 460 g/mol. The van der Waals surface area contributed by atoms with Crippen molar-refractivity contribution in [1.29, 1.82) is 0 Å². The van der Waals surface area contributed by atoms with Gasteiger partial charge in [0, 0.05) is 36.6 Å². The SMILES string of the molecule is O=C(ONc1ncc(-c2cnn(C3CNC3)c2)cc1-c1nc2ccccc2s1)C(F)(F)F. The molecule has 0 saturated carbocycles. The molecular weight excluding hydrogens is 445 g/mol. The second-order valence-electron chi connectivity index (χ2n) is 7.12. The van der Waals surface area contributed by atoms with Gasteiger partial charge in [-0.3, -0.25) is 4.68 Å². The number of rotatable bonds is 5. The molecule has 0 bridgehead atoms. The van der Waals surface area contributed by atoms with Crippen molar-refractivity contribution in [2.24, 2.45) is 0 Å². The fraction of sp³-hybridized carbons (Fsp3) is 0.200. The lowest BCUT2D eigenvalue weighted by Crippen LogP contribution is -2.43. The van der Waals surface area contributed by atoms with Crippen LogP contribution >= 0.6 is 11.3 Å². The van der Waals surface area contributed by atoms with Crippen molar-refractivity contribution >= 4 is 33.3 Å². The number of hydrogen-bond acceptors (Lipinski definition) is 8. The van der Waals surface area contributed by atoms with Crippen LogP contribution in [0, 0.1) is 0 Å². The first kappa shape index (κ1) is 20.4. The Bertz CT molecular complexity index is 1260. The third-order valence-corrected chi connectivity index (χ3v) is 6.02. The van der Waals surface area contributed by atoms with Crippen molar-refractivity contribution in [3.8, 4) is 21.7 Å². The van der Waals surface area contributed by atoms with Gasteiger partial charge < -0.3 is 10.2 Å². The molecule has 8 nitrogen and oxygen atoms in total. The maximum atomic E-state index is 12.5. The summed E-state index contributed by atoms with van der Waals surface area (Å²) < 4.78 is 40.4. The first-order valence-electron chi connectivity index (χ1n) is 9.54. The number of halogens is 3. The number of carbonyl (C=O) groups excluding carboxylic acids is 1. The van der Waals surface area contributed by atoms with Gasteiger partial charge in [-0.1, -0.05) is 12.1 Å². The molecule has 12 heteroatoms. The summed E-state index contributed by atoms with van der Waals surface area (Å²) >= 11 is 1.35. The highest BCUT2D eigenvalue weighted by molar-refractivity contribution is 7.21. The summed E-state index contributed by atoms with van der Waals surface area (Å²) in [6.45, 7) is 1.67. The van der Waals surface area contributed by atoms with Gasteiger partial charge in [0.2, 0.25) is 0 Å². The number of hydrogen-bond donors (Lipinski definition) is 2. The highest BCUT2D eigenvalue weighted by Crippen LogP contribution is 2.36. The van der Waals surface area contributed by atoms with Gasteiger partial charge in [0.1, 0.15) is 5.01 Å². The summed E-state index contributed by atoms with van der Waals surface area (Å²) in [6, 6.07) is 9.44. The monoisotopic (exact) mass is 460 g/mol. The standard InChI is InChI=1S/C20H15F3N6O2S/c21-20(22,23)19(30)31-28-17-14(18-27-15-3-1-2-4-16(15)32-18)5-11(6-25-17)12-7-26-29(10-12)13-8-24-9-13/h1-7,10,13,24H,8-9H2,(H,25,28). The van der Waals surface area contributed by atoms with Crippen LogP contribution in [0.3, 0.4) is 0 Å². The number of fused-ring (bicyclic) bond motifs is 1. The quantitative estimate of drug-likeness (QED) is 0.438. The zero-order valence-corrected chi connectivity index (χ0v) is 17.1. The van der Waals surface area contributed by atoms with Crippen LogP contribution in [0.2, 0.25) is 0 Å². The smallest absolute Gasteiger partial charge is 0.333 e. The molecule has 1 aliphatic heterocycles. The van der Waals surface area contributed by atoms with E-state index < -0.39 is 12.1 Å². The van der Waals surface area contributed by atoms with E-state index in [0.717, 1.165) is 28.9 Å². The van der Waals surface area contributed by atoms with E-state index in [2.05, 4.69) is 25.2 Å². The topological polar surface area (TPSA) is 94.0 Å². The minimum Gasteiger partial charge on any atom is -0.333 e. The molecule has 2 N–H and O–H groups in total. The Labute approximate surface area is 183 Å². The van der Waals surface area contributed by atoms with E-state index in [4.69, 9.17) is 0 Å². The van der Waals surface area contributed by atoms with Crippen molar-refractivity contribution in [2.75, 3.05) is 18.6 Å². The molecule has 0 amide bonds. The average Bonchev–Trinajstić information content (AvgIpc) is 3.37. The molecule has 3 aromatic heterocycles. The normalized spacial score (nSPS) is 14.3. The minimum atomic E-state index is -5.13. The van der Waals surface area contributed by atoms with E-state index in [-0.39, 0.29) is 11.9 Å². The minimum absolute atomic E-state index is 0.0546. The Morgan fingerprint density at radius 3 is 2.75 bits per heavy atom. The molecule has 1 saturated heterocycles. The number of anilines is 1. The fourth-order valence-electron chi connectivity index (χ4n) is 3.15. The molecule has 0 radical (unpaired) electrons. The van der Waals surface area contributed by atoms with Crippen molar-refractivity contribution < 1.29 is 22.8 Å². The molecule has 4 aromatic rings. The number of nitrogens with zero attached hydrogens (tertiary/aromatic N) is 4. The van der Waals surface area contributed by atoms with E-state index in [1.807, 2.05) is 40.6 Å². The fourth-order valence-corrected chi connectivity index (χ4v) is 4.14. The molecule has 0 atom stereocenters. The van der Waals surface area contributed by atoms with Crippen LogP contribution in [-0.2, 0) is 9.63 Å². The van der Waals surface area contributed by atoms with E-state index in [1.165, 1.54) is 17.5 Å². The number of alkyl halides is 3. The molecule has 32 heavy (non-hydrogen) atoms. The molecule has 1 fully saturated rings. The molecule has 4 heterocycles. The summed E-state index contributed by atoms with van der Waals surface area (Å²) in [6.07, 6.45) is -0.0649. The number of thiazole rings is 1. The Balaban J connectivity index is 1.52. The number of aromatic nitrogens is 4. The summed E-state index contributed by atoms with van der Waals surface area (Å²) in [5.74, 6) is -2.42. The molecule has 1 aromatic carbocycles. The largest absolute Gasteiger partial charge is 0.493 e. The van der Waals surface area contributed by atoms with Crippen molar-refractivity contribution in [3.63, 3.8) is 0 Å². The summed E-state index contributed by atoms with van der Waals surface area (Å²) in [5.41, 5.74) is 4.67. The second kappa shape index (κ2) is 7.88. The van der Waals surface area contributed by atoms with Crippen LogP contribution in [0.15, 0.2) is 48.9 Å². The maximum Gasteiger partial charge on any atom is 0.493 e. The summed E-state index contributed by atoms with van der Waals surface area (Å²) in [7, 11) is 0. The maximum absolute atomic E-state index is 12.5. The summed E-state index contributed by atoms with van der Waals surface area (Å²) in [4.78, 5) is 24.1. The zero-order chi connectivity index (χ0) is 22.3. The van der Waals surface area contributed by atoms with E-state index in [9.17, 15) is 18.0 Å². The molecule has 5 rings (SSSR count). The van der Waals surface area contributed by atoms with Crippen LogP contribution < -0.4 is 10.8 Å². The number of benzene rings is 1. The van der Waals surface area contributed by atoms with Crippen molar-refractivity contribution in [3.05, 3.63) is 48.9 Å². The van der Waals surface area contributed by atoms with Gasteiger partial charge in [-0.2, -0.15) is 23.8 Å². The van der Waals surface area contributed by atoms with Gasteiger partial charge in [0.15, 0.2) is 5.82 Å². The number of nitrogens with one attached hydrogen (secondary N) is 2. The first-order chi connectivity index (χ1) is 15.4. The third kappa shape index (κ3) is 3.89. The Kier molecular flexibility index (Phi) is 5.02. The van der Waals surface area contributed by atoms with E-state index in [1.54, 1.807) is 12.3 Å². The van der Waals surface area contributed by atoms with E-state index in [0.29, 0.717) is 16.1 Å². The molecule has 0 spiro atoms. The van der Waals surface area contributed by atoms with Gasteiger partial charge in [-0.15, -0.1) is 11.3 Å². The predicted octanol–water partition coefficient (Wildman–Crippen LogP) is 3.80. The predicted molar refractivity (Wildman–Crippen MR) is 112 cm³/mol.